The van der Waals surface area contributed by atoms with E-state index in [1.54, 1.807) is 0 Å². The first kappa shape index (κ1) is 13.8. The predicted octanol–water partition coefficient (Wildman–Crippen LogP) is 0.575. The van der Waals surface area contributed by atoms with Crippen LogP contribution in [0.5, 0.6) is 0 Å². The van der Waals surface area contributed by atoms with Crippen LogP contribution >= 0.6 is 0 Å². The highest BCUT2D eigenvalue weighted by Crippen LogP contribution is 2.43. The number of carboxylic acids is 1. The highest BCUT2D eigenvalue weighted by atomic mass is 16.5. The van der Waals surface area contributed by atoms with Gasteiger partial charge in [-0.15, -0.1) is 0 Å². The van der Waals surface area contributed by atoms with Crippen LogP contribution in [-0.4, -0.2) is 43.4 Å². The second-order valence-corrected chi connectivity index (χ2v) is 4.81. The maximum Gasteiger partial charge on any atom is 0.326 e. The lowest BCUT2D eigenvalue weighted by Crippen LogP contribution is -2.47. The van der Waals surface area contributed by atoms with Gasteiger partial charge in [0.1, 0.15) is 6.04 Å². The van der Waals surface area contributed by atoms with E-state index in [1.165, 1.54) is 7.11 Å². The highest BCUT2D eigenvalue weighted by molar-refractivity contribution is 5.82. The molecule has 6 nitrogen and oxygen atoms in total. The monoisotopic (exact) mass is 244 g/mol. The summed E-state index contributed by atoms with van der Waals surface area (Å²) in [7, 11) is 1.49. The zero-order chi connectivity index (χ0) is 12.9. The molecule has 6 heteroatoms. The molecule has 17 heavy (non-hydrogen) atoms. The lowest BCUT2D eigenvalue weighted by Gasteiger charge is -2.16. The molecule has 0 saturated heterocycles. The van der Waals surface area contributed by atoms with Crippen LogP contribution in [0.2, 0.25) is 0 Å². The molecule has 0 aliphatic heterocycles. The molecule has 1 atom stereocenters. The maximum atomic E-state index is 11.5. The van der Waals surface area contributed by atoms with Gasteiger partial charge in [-0.1, -0.05) is 6.92 Å². The third-order valence-corrected chi connectivity index (χ3v) is 2.99. The van der Waals surface area contributed by atoms with Gasteiger partial charge in [-0.3, -0.25) is 0 Å². The third-order valence-electron chi connectivity index (χ3n) is 2.99. The third kappa shape index (κ3) is 5.04. The standard InChI is InChI=1S/C11H20N2O4/c1-11(4-5-11)7-12-10(16)13-8(9(14)15)3-6-17-2/h8H,3-7H2,1-2H3,(H,14,15)(H2,12,13,16). The van der Waals surface area contributed by atoms with Crippen molar-refractivity contribution in [3.05, 3.63) is 0 Å². The minimum absolute atomic E-state index is 0.211. The van der Waals surface area contributed by atoms with Crippen molar-refractivity contribution in [2.24, 2.45) is 5.41 Å². The minimum atomic E-state index is -1.05. The summed E-state index contributed by atoms with van der Waals surface area (Å²) >= 11 is 0. The quantitative estimate of drug-likeness (QED) is 0.611. The van der Waals surface area contributed by atoms with E-state index in [4.69, 9.17) is 9.84 Å². The van der Waals surface area contributed by atoms with Crippen molar-refractivity contribution in [3.63, 3.8) is 0 Å². The number of hydrogen-bond acceptors (Lipinski definition) is 3. The van der Waals surface area contributed by atoms with Crippen LogP contribution in [-0.2, 0) is 9.53 Å². The smallest absolute Gasteiger partial charge is 0.326 e. The lowest BCUT2D eigenvalue weighted by atomic mass is 10.1. The first-order valence-electron chi connectivity index (χ1n) is 5.73. The largest absolute Gasteiger partial charge is 0.480 e. The molecule has 1 saturated carbocycles. The lowest BCUT2D eigenvalue weighted by molar-refractivity contribution is -0.139. The zero-order valence-corrected chi connectivity index (χ0v) is 10.3. The molecule has 0 bridgehead atoms. The summed E-state index contributed by atoms with van der Waals surface area (Å²) in [5.41, 5.74) is 0.211. The fraction of sp³-hybridized carbons (Fsp3) is 0.818. The van der Waals surface area contributed by atoms with Gasteiger partial charge in [-0.25, -0.2) is 9.59 Å². The van der Waals surface area contributed by atoms with Crippen molar-refractivity contribution >= 4 is 12.0 Å². The molecule has 0 heterocycles. The van der Waals surface area contributed by atoms with E-state index in [0.717, 1.165) is 12.8 Å². The summed E-state index contributed by atoms with van der Waals surface area (Å²) < 4.78 is 4.79. The number of rotatable bonds is 7. The molecule has 98 valence electrons. The Balaban J connectivity index is 2.27. The Morgan fingerprint density at radius 2 is 2.12 bits per heavy atom. The number of ether oxygens (including phenoxy) is 1. The van der Waals surface area contributed by atoms with Gasteiger partial charge in [-0.05, 0) is 18.3 Å². The Morgan fingerprint density at radius 1 is 1.47 bits per heavy atom. The van der Waals surface area contributed by atoms with Gasteiger partial charge in [0.15, 0.2) is 0 Å². The summed E-state index contributed by atoms with van der Waals surface area (Å²) in [6, 6.07) is -1.33. The average molecular weight is 244 g/mol. The first-order valence-corrected chi connectivity index (χ1v) is 5.73. The number of carbonyl (C=O) groups is 2. The van der Waals surface area contributed by atoms with Crippen molar-refractivity contribution in [1.29, 1.82) is 0 Å². The van der Waals surface area contributed by atoms with E-state index in [-0.39, 0.29) is 11.8 Å². The van der Waals surface area contributed by atoms with Gasteiger partial charge in [0, 0.05) is 26.7 Å². The molecular weight excluding hydrogens is 224 g/mol. The number of aliphatic carboxylic acids is 1. The van der Waals surface area contributed by atoms with Gasteiger partial charge in [0.25, 0.3) is 0 Å². The molecule has 0 aromatic rings. The SMILES string of the molecule is COCCC(NC(=O)NCC1(C)CC1)C(=O)O. The van der Waals surface area contributed by atoms with Gasteiger partial charge in [0.2, 0.25) is 0 Å². The predicted molar refractivity (Wildman–Crippen MR) is 61.8 cm³/mol. The zero-order valence-electron chi connectivity index (χ0n) is 10.3. The van der Waals surface area contributed by atoms with Crippen LogP contribution in [0.1, 0.15) is 26.2 Å². The van der Waals surface area contributed by atoms with Crippen molar-refractivity contribution < 1.29 is 19.4 Å². The van der Waals surface area contributed by atoms with Crippen molar-refractivity contribution in [2.75, 3.05) is 20.3 Å². The van der Waals surface area contributed by atoms with Gasteiger partial charge >= 0.3 is 12.0 Å². The van der Waals surface area contributed by atoms with Crippen LogP contribution in [0.3, 0.4) is 0 Å². The Morgan fingerprint density at radius 3 is 2.59 bits per heavy atom. The summed E-state index contributed by atoms with van der Waals surface area (Å²) in [5.74, 6) is -1.05. The molecule has 0 aromatic heterocycles. The molecule has 3 N–H and O–H groups in total. The van der Waals surface area contributed by atoms with Crippen LogP contribution in [0, 0.1) is 5.41 Å². The summed E-state index contributed by atoms with van der Waals surface area (Å²) in [6.45, 7) is 2.98. The number of carboxylic acid groups (broad SMARTS) is 1. The molecule has 0 spiro atoms. The second kappa shape index (κ2) is 5.86. The molecule has 1 aliphatic rings. The molecule has 1 aliphatic carbocycles. The van der Waals surface area contributed by atoms with E-state index >= 15 is 0 Å². The number of urea groups is 1. The highest BCUT2D eigenvalue weighted by Gasteiger charge is 2.37. The fourth-order valence-electron chi connectivity index (χ4n) is 1.39. The van der Waals surface area contributed by atoms with E-state index in [0.29, 0.717) is 13.2 Å². The summed E-state index contributed by atoms with van der Waals surface area (Å²) in [4.78, 5) is 22.3. The van der Waals surface area contributed by atoms with E-state index < -0.39 is 18.0 Å². The van der Waals surface area contributed by atoms with Crippen LogP contribution in [0.4, 0.5) is 4.79 Å². The number of nitrogens with one attached hydrogen (secondary N) is 2. The Labute approximate surface area is 101 Å². The van der Waals surface area contributed by atoms with Crippen molar-refractivity contribution in [2.45, 2.75) is 32.2 Å². The van der Waals surface area contributed by atoms with Crippen LogP contribution < -0.4 is 10.6 Å². The normalized spacial score (nSPS) is 18.2. The first-order chi connectivity index (χ1) is 7.97. The Kier molecular flexibility index (Phi) is 4.74. The van der Waals surface area contributed by atoms with Crippen LogP contribution in [0.15, 0.2) is 0 Å². The van der Waals surface area contributed by atoms with Gasteiger partial charge < -0.3 is 20.5 Å². The topological polar surface area (TPSA) is 87.7 Å². The molecule has 2 amide bonds. The maximum absolute atomic E-state index is 11.5. The van der Waals surface area contributed by atoms with E-state index in [9.17, 15) is 9.59 Å². The molecular formula is C11H20N2O4. The molecule has 0 radical (unpaired) electrons. The minimum Gasteiger partial charge on any atom is -0.480 e. The second-order valence-electron chi connectivity index (χ2n) is 4.81. The molecule has 1 rings (SSSR count). The van der Waals surface area contributed by atoms with E-state index in [1.807, 2.05) is 0 Å². The average Bonchev–Trinajstić information content (AvgIpc) is 3.00. The number of hydrogen-bond donors (Lipinski definition) is 3. The van der Waals surface area contributed by atoms with Gasteiger partial charge in [0.05, 0.1) is 0 Å². The molecule has 0 aromatic carbocycles. The van der Waals surface area contributed by atoms with Crippen LogP contribution in [0.25, 0.3) is 0 Å². The van der Waals surface area contributed by atoms with Crippen molar-refractivity contribution in [1.82, 2.24) is 10.6 Å². The Bertz CT molecular complexity index is 289. The van der Waals surface area contributed by atoms with Crippen molar-refractivity contribution in [3.8, 4) is 0 Å². The number of methoxy groups -OCH3 is 1. The molecule has 1 unspecified atom stereocenters. The summed E-state index contributed by atoms with van der Waals surface area (Å²) in [6.07, 6.45) is 2.48. The van der Waals surface area contributed by atoms with Gasteiger partial charge in [-0.2, -0.15) is 0 Å². The number of carbonyl (C=O) groups excluding carboxylic acids is 1. The summed E-state index contributed by atoms with van der Waals surface area (Å²) in [5, 5.41) is 14.0. The molecule has 1 fully saturated rings. The Hall–Kier alpha value is -1.30. The number of amides is 2. The fourth-order valence-corrected chi connectivity index (χ4v) is 1.39. The van der Waals surface area contributed by atoms with E-state index in [2.05, 4.69) is 17.6 Å².